The van der Waals surface area contributed by atoms with Gasteiger partial charge in [-0.25, -0.2) is 9.78 Å². The third-order valence-corrected chi connectivity index (χ3v) is 5.31. The smallest absolute Gasteiger partial charge is 0.338 e. The fourth-order valence-corrected chi connectivity index (χ4v) is 3.70. The number of nitrogens with one attached hydrogen (secondary N) is 1. The zero-order valence-electron chi connectivity index (χ0n) is 15.3. The minimum atomic E-state index is -0.952. The van der Waals surface area contributed by atoms with E-state index in [0.717, 1.165) is 0 Å². The number of rotatable bonds is 6. The summed E-state index contributed by atoms with van der Waals surface area (Å²) in [7, 11) is 0. The van der Waals surface area contributed by atoms with E-state index in [0.29, 0.717) is 44.1 Å². The summed E-state index contributed by atoms with van der Waals surface area (Å²) in [5, 5.41) is 5.81. The highest BCUT2D eigenvalue weighted by Crippen LogP contribution is 2.32. The lowest BCUT2D eigenvalue weighted by molar-refractivity contribution is -0.124. The summed E-state index contributed by atoms with van der Waals surface area (Å²) >= 11 is 13.4. The molecule has 0 aliphatic heterocycles. The molecule has 0 bridgehead atoms. The van der Waals surface area contributed by atoms with E-state index in [1.807, 2.05) is 0 Å². The van der Waals surface area contributed by atoms with Gasteiger partial charge in [-0.15, -0.1) is 11.3 Å². The number of anilines is 2. The maximum Gasteiger partial charge on any atom is 0.338 e. The average Bonchev–Trinajstić information content (AvgIpc) is 3.14. The van der Waals surface area contributed by atoms with E-state index in [1.165, 1.54) is 11.3 Å². The number of nitrogens with two attached hydrogens (primary N) is 1. The minimum absolute atomic E-state index is 0.313. The van der Waals surface area contributed by atoms with Crippen LogP contribution >= 0.6 is 34.5 Å². The van der Waals surface area contributed by atoms with Crippen molar-refractivity contribution in [3.63, 3.8) is 0 Å². The number of ether oxygens (including phenoxy) is 1. The zero-order valence-corrected chi connectivity index (χ0v) is 17.6. The van der Waals surface area contributed by atoms with Crippen LogP contribution in [0.4, 0.5) is 10.8 Å². The van der Waals surface area contributed by atoms with Crippen molar-refractivity contribution in [2.24, 2.45) is 0 Å². The molecule has 0 radical (unpaired) electrons. The van der Waals surface area contributed by atoms with Crippen LogP contribution in [0.25, 0.3) is 11.3 Å². The Bertz CT molecular complexity index is 1040. The number of thiazole rings is 1. The van der Waals surface area contributed by atoms with Crippen molar-refractivity contribution in [3.05, 3.63) is 63.5 Å². The largest absolute Gasteiger partial charge is 0.449 e. The van der Waals surface area contributed by atoms with Gasteiger partial charge in [0.05, 0.1) is 16.3 Å². The van der Waals surface area contributed by atoms with E-state index < -0.39 is 18.0 Å². The number of aromatic nitrogens is 1. The number of nitrogens with zero attached hydrogens (tertiary/aromatic N) is 1. The normalized spacial score (nSPS) is 11.7. The Kier molecular flexibility index (Phi) is 6.74. The van der Waals surface area contributed by atoms with Crippen LogP contribution in [-0.4, -0.2) is 23.0 Å². The van der Waals surface area contributed by atoms with Crippen molar-refractivity contribution in [2.45, 2.75) is 19.4 Å². The first kappa shape index (κ1) is 21.1. The molecule has 0 aliphatic rings. The predicted molar refractivity (Wildman–Crippen MR) is 117 cm³/mol. The number of amides is 1. The third kappa shape index (κ3) is 5.26. The maximum absolute atomic E-state index is 12.5. The number of nitrogen functional groups attached to an aromatic ring is 1. The topological polar surface area (TPSA) is 94.3 Å². The van der Waals surface area contributed by atoms with Crippen LogP contribution in [0.2, 0.25) is 10.0 Å². The summed E-state index contributed by atoms with van der Waals surface area (Å²) in [6.45, 7) is 1.75. The van der Waals surface area contributed by atoms with Crippen LogP contribution in [0.15, 0.2) is 47.8 Å². The van der Waals surface area contributed by atoms with Crippen LogP contribution in [0.3, 0.4) is 0 Å². The molecule has 150 valence electrons. The molecule has 29 heavy (non-hydrogen) atoms. The molecule has 9 heteroatoms. The molecule has 1 aromatic heterocycles. The SMILES string of the molecule is CCC(OC(=O)c1ccc(N)cc1)C(=O)Nc1nc(-c2ccc(Cl)cc2Cl)cs1. The summed E-state index contributed by atoms with van der Waals surface area (Å²) in [4.78, 5) is 29.2. The van der Waals surface area contributed by atoms with E-state index in [9.17, 15) is 9.59 Å². The second kappa shape index (κ2) is 9.26. The number of benzene rings is 2. The molecule has 1 heterocycles. The second-order valence-corrected chi connectivity index (χ2v) is 7.78. The number of hydrogen-bond acceptors (Lipinski definition) is 6. The molecule has 1 unspecified atom stereocenters. The number of halogens is 2. The van der Waals surface area contributed by atoms with Gasteiger partial charge in [0, 0.05) is 21.7 Å². The van der Waals surface area contributed by atoms with E-state index in [4.69, 9.17) is 33.7 Å². The molecule has 3 aromatic rings. The van der Waals surface area contributed by atoms with Gasteiger partial charge >= 0.3 is 5.97 Å². The van der Waals surface area contributed by atoms with Gasteiger partial charge in [0.2, 0.25) is 0 Å². The monoisotopic (exact) mass is 449 g/mol. The first-order chi connectivity index (χ1) is 13.9. The van der Waals surface area contributed by atoms with Crippen LogP contribution in [0.1, 0.15) is 23.7 Å². The van der Waals surface area contributed by atoms with Gasteiger partial charge in [0.15, 0.2) is 11.2 Å². The molecule has 0 saturated heterocycles. The van der Waals surface area contributed by atoms with Gasteiger partial charge in [-0.3, -0.25) is 10.1 Å². The number of hydrogen-bond donors (Lipinski definition) is 2. The van der Waals surface area contributed by atoms with E-state index in [1.54, 1.807) is 54.8 Å². The molecular formula is C20H17Cl2N3O3S. The Morgan fingerprint density at radius 2 is 1.93 bits per heavy atom. The summed E-state index contributed by atoms with van der Waals surface area (Å²) in [6, 6.07) is 11.4. The fourth-order valence-electron chi connectivity index (χ4n) is 2.48. The highest BCUT2D eigenvalue weighted by molar-refractivity contribution is 7.14. The number of carbonyl (C=O) groups excluding carboxylic acids is 2. The zero-order chi connectivity index (χ0) is 21.0. The van der Waals surface area contributed by atoms with Gasteiger partial charge in [-0.05, 0) is 48.9 Å². The molecule has 1 amide bonds. The summed E-state index contributed by atoms with van der Waals surface area (Å²) in [5.41, 5.74) is 7.78. The lowest BCUT2D eigenvalue weighted by Crippen LogP contribution is -2.32. The molecule has 0 spiro atoms. The second-order valence-electron chi connectivity index (χ2n) is 6.08. The summed E-state index contributed by atoms with van der Waals surface area (Å²) in [5.74, 6) is -1.06. The molecule has 0 saturated carbocycles. The Balaban J connectivity index is 1.67. The van der Waals surface area contributed by atoms with E-state index >= 15 is 0 Å². The van der Waals surface area contributed by atoms with Crippen molar-refractivity contribution in [3.8, 4) is 11.3 Å². The Labute approximate surface area is 181 Å². The molecule has 0 fully saturated rings. The molecule has 1 atom stereocenters. The van der Waals surface area contributed by atoms with Crippen LogP contribution in [0, 0.1) is 0 Å². The summed E-state index contributed by atoms with van der Waals surface area (Å²) in [6.07, 6.45) is -0.639. The number of esters is 1. The first-order valence-corrected chi connectivity index (χ1v) is 10.3. The van der Waals surface area contributed by atoms with Crippen LogP contribution in [0.5, 0.6) is 0 Å². The third-order valence-electron chi connectivity index (χ3n) is 4.00. The maximum atomic E-state index is 12.5. The molecular weight excluding hydrogens is 433 g/mol. The van der Waals surface area contributed by atoms with Gasteiger partial charge in [0.1, 0.15) is 0 Å². The van der Waals surface area contributed by atoms with Crippen molar-refractivity contribution in [1.29, 1.82) is 0 Å². The molecule has 2 aromatic carbocycles. The van der Waals surface area contributed by atoms with Gasteiger partial charge in [0.25, 0.3) is 5.91 Å². The van der Waals surface area contributed by atoms with Gasteiger partial charge < -0.3 is 10.5 Å². The van der Waals surface area contributed by atoms with Crippen molar-refractivity contribution >= 4 is 57.2 Å². The lowest BCUT2D eigenvalue weighted by Gasteiger charge is -2.15. The highest BCUT2D eigenvalue weighted by Gasteiger charge is 2.23. The Morgan fingerprint density at radius 3 is 2.59 bits per heavy atom. The van der Waals surface area contributed by atoms with Crippen LogP contribution < -0.4 is 11.1 Å². The molecule has 3 rings (SSSR count). The number of carbonyl (C=O) groups is 2. The summed E-state index contributed by atoms with van der Waals surface area (Å²) < 4.78 is 5.33. The Hall–Kier alpha value is -2.61. The van der Waals surface area contributed by atoms with Crippen molar-refractivity contribution < 1.29 is 14.3 Å². The predicted octanol–water partition coefficient (Wildman–Crippen LogP) is 5.27. The van der Waals surface area contributed by atoms with Crippen molar-refractivity contribution in [1.82, 2.24) is 4.98 Å². The molecule has 6 nitrogen and oxygen atoms in total. The minimum Gasteiger partial charge on any atom is -0.449 e. The lowest BCUT2D eigenvalue weighted by atomic mass is 10.2. The van der Waals surface area contributed by atoms with Gasteiger partial charge in [-0.1, -0.05) is 30.1 Å². The van der Waals surface area contributed by atoms with E-state index in [2.05, 4.69) is 10.3 Å². The molecule has 3 N–H and O–H groups in total. The quantitative estimate of drug-likeness (QED) is 0.394. The van der Waals surface area contributed by atoms with Crippen LogP contribution in [-0.2, 0) is 9.53 Å². The fraction of sp³-hybridized carbons (Fsp3) is 0.150. The Morgan fingerprint density at radius 1 is 1.21 bits per heavy atom. The first-order valence-electron chi connectivity index (χ1n) is 8.65. The van der Waals surface area contributed by atoms with Gasteiger partial charge in [-0.2, -0.15) is 0 Å². The highest BCUT2D eigenvalue weighted by atomic mass is 35.5. The average molecular weight is 450 g/mol. The van der Waals surface area contributed by atoms with Crippen molar-refractivity contribution in [2.75, 3.05) is 11.1 Å². The standard InChI is InChI=1S/C20H17Cl2N3O3S/c1-2-17(28-19(27)11-3-6-13(23)7-4-11)18(26)25-20-24-16(10-29-20)14-8-5-12(21)9-15(14)22/h3-10,17H,2,23H2,1H3,(H,24,25,26). The van der Waals surface area contributed by atoms with E-state index in [-0.39, 0.29) is 0 Å². The molecule has 0 aliphatic carbocycles.